The van der Waals surface area contributed by atoms with Crippen LogP contribution in [0.15, 0.2) is 0 Å². The molecule has 0 aliphatic heterocycles. The van der Waals surface area contributed by atoms with Crippen LogP contribution >= 0.6 is 22.6 Å². The van der Waals surface area contributed by atoms with Crippen molar-refractivity contribution in [3.05, 3.63) is 0 Å². The van der Waals surface area contributed by atoms with E-state index in [-0.39, 0.29) is 0 Å². The van der Waals surface area contributed by atoms with E-state index >= 15 is 0 Å². The molecule has 0 bridgehead atoms. The molecular formula is C13H6F21IO. The molecule has 218 valence electrons. The fourth-order valence-corrected chi connectivity index (χ4v) is 2.61. The first-order chi connectivity index (χ1) is 15.2. The van der Waals surface area contributed by atoms with Gasteiger partial charge in [-0.05, 0) is 0 Å². The summed E-state index contributed by atoms with van der Waals surface area (Å²) in [6.07, 6.45) is -10.8. The summed E-state index contributed by atoms with van der Waals surface area (Å²) >= 11 is 0.572. The Bertz CT molecular complexity index is 783. The molecule has 0 spiro atoms. The highest BCUT2D eigenvalue weighted by Crippen LogP contribution is 2.66. The number of hydrogen-bond donors (Lipinski definition) is 1. The summed E-state index contributed by atoms with van der Waals surface area (Å²) in [5.41, 5.74) is 0. The van der Waals surface area contributed by atoms with Crippen LogP contribution in [0.1, 0.15) is 6.42 Å². The van der Waals surface area contributed by atoms with E-state index in [1.54, 1.807) is 0 Å². The van der Waals surface area contributed by atoms with Crippen molar-refractivity contribution in [2.45, 2.75) is 69.8 Å². The number of aliphatic hydroxyl groups is 1. The van der Waals surface area contributed by atoms with Crippen LogP contribution in [0.2, 0.25) is 0 Å². The van der Waals surface area contributed by atoms with Crippen molar-refractivity contribution in [3.8, 4) is 0 Å². The molecule has 0 amide bonds. The van der Waals surface area contributed by atoms with E-state index < -0.39 is 76.4 Å². The van der Waals surface area contributed by atoms with Gasteiger partial charge in [0.15, 0.2) is 0 Å². The SMILES string of the molecule is OC[C@H](I)CC(F)(F)C(F)(F)C(F)(F)C(F)(F)C(F)(F)C(F)(F)C(F)(F)C(F)(F)C(F)(F)C(F)(F)F. The van der Waals surface area contributed by atoms with E-state index in [2.05, 4.69) is 0 Å². The van der Waals surface area contributed by atoms with Gasteiger partial charge in [0.05, 0.1) is 6.61 Å². The van der Waals surface area contributed by atoms with Crippen molar-refractivity contribution in [2.75, 3.05) is 6.61 Å². The van der Waals surface area contributed by atoms with Gasteiger partial charge in [0, 0.05) is 10.3 Å². The normalized spacial score (nSPS) is 17.4. The molecule has 0 radical (unpaired) electrons. The molecule has 1 atom stereocenters. The molecule has 0 fully saturated rings. The van der Waals surface area contributed by atoms with E-state index in [0.29, 0.717) is 22.6 Å². The van der Waals surface area contributed by atoms with Gasteiger partial charge in [0.2, 0.25) is 0 Å². The van der Waals surface area contributed by atoms with Gasteiger partial charge < -0.3 is 5.11 Å². The average molecular weight is 704 g/mol. The smallest absolute Gasteiger partial charge is 0.395 e. The molecule has 0 aromatic rings. The van der Waals surface area contributed by atoms with Crippen LogP contribution in [-0.4, -0.2) is 75.1 Å². The van der Waals surface area contributed by atoms with Gasteiger partial charge in [-0.1, -0.05) is 22.6 Å². The van der Waals surface area contributed by atoms with E-state index in [0.717, 1.165) is 0 Å². The summed E-state index contributed by atoms with van der Waals surface area (Å²) in [7, 11) is 0. The summed E-state index contributed by atoms with van der Waals surface area (Å²) in [4.78, 5) is 0. The molecule has 1 N–H and O–H groups in total. The van der Waals surface area contributed by atoms with Gasteiger partial charge in [0.25, 0.3) is 0 Å². The van der Waals surface area contributed by atoms with E-state index in [9.17, 15) is 92.2 Å². The zero-order valence-corrected chi connectivity index (χ0v) is 17.9. The Labute approximate surface area is 197 Å². The van der Waals surface area contributed by atoms with Crippen molar-refractivity contribution < 1.29 is 97.3 Å². The van der Waals surface area contributed by atoms with Crippen molar-refractivity contribution in [2.24, 2.45) is 0 Å². The first-order valence-electron chi connectivity index (χ1n) is 7.92. The highest BCUT2D eigenvalue weighted by molar-refractivity contribution is 14.1. The Balaban J connectivity index is 7.00. The first-order valence-corrected chi connectivity index (χ1v) is 9.17. The summed E-state index contributed by atoms with van der Waals surface area (Å²) < 4.78 is 273. The number of hydrogen-bond acceptors (Lipinski definition) is 1. The van der Waals surface area contributed by atoms with Crippen LogP contribution in [0, 0.1) is 0 Å². The lowest BCUT2D eigenvalue weighted by Crippen LogP contribution is -2.76. The van der Waals surface area contributed by atoms with Gasteiger partial charge in [-0.25, -0.2) is 0 Å². The molecule has 0 aliphatic carbocycles. The maximum absolute atomic E-state index is 13.5. The molecular weight excluding hydrogens is 698 g/mol. The monoisotopic (exact) mass is 704 g/mol. The Kier molecular flexibility index (Phi) is 8.96. The van der Waals surface area contributed by atoms with E-state index in [4.69, 9.17) is 5.11 Å². The Morgan fingerprint density at radius 2 is 0.639 bits per heavy atom. The second-order valence-corrected chi connectivity index (χ2v) is 8.54. The predicted molar refractivity (Wildman–Crippen MR) is 80.1 cm³/mol. The Morgan fingerprint density at radius 1 is 0.417 bits per heavy atom. The van der Waals surface area contributed by atoms with Gasteiger partial charge in [0.1, 0.15) is 0 Å². The molecule has 0 rings (SSSR count). The van der Waals surface area contributed by atoms with Crippen LogP contribution in [0.25, 0.3) is 0 Å². The van der Waals surface area contributed by atoms with Gasteiger partial charge in [-0.15, -0.1) is 0 Å². The zero-order valence-electron chi connectivity index (χ0n) is 15.8. The van der Waals surface area contributed by atoms with Crippen LogP contribution in [-0.2, 0) is 0 Å². The number of aliphatic hydroxyl groups excluding tert-OH is 1. The van der Waals surface area contributed by atoms with Crippen molar-refractivity contribution >= 4 is 22.6 Å². The van der Waals surface area contributed by atoms with Gasteiger partial charge in [-0.3, -0.25) is 0 Å². The maximum atomic E-state index is 13.5. The molecule has 23 heteroatoms. The molecule has 0 aromatic heterocycles. The van der Waals surface area contributed by atoms with Gasteiger partial charge >= 0.3 is 59.5 Å². The standard InChI is InChI=1S/C13H6F21IO/c14-4(15,1-3(35)2-36)5(16,17)6(18,19)7(20,21)8(22,23)9(24,25)10(26,27)11(28,29)12(30,31)13(32,33)34/h3,36H,1-2H2/t3-/m1/s1. The van der Waals surface area contributed by atoms with Crippen molar-refractivity contribution in [3.63, 3.8) is 0 Å². The number of halogens is 22. The second-order valence-electron chi connectivity index (χ2n) is 6.78. The lowest BCUT2D eigenvalue weighted by atomic mass is 9.85. The molecule has 36 heavy (non-hydrogen) atoms. The predicted octanol–water partition coefficient (Wildman–Crippen LogP) is 7.45. The Hall–Kier alpha value is -0.780. The maximum Gasteiger partial charge on any atom is 0.460 e. The van der Waals surface area contributed by atoms with Crippen LogP contribution < -0.4 is 0 Å². The molecule has 0 saturated carbocycles. The largest absolute Gasteiger partial charge is 0.460 e. The fraction of sp³-hybridized carbons (Fsp3) is 1.00. The lowest BCUT2D eigenvalue weighted by molar-refractivity contribution is -0.474. The number of alkyl halides is 22. The topological polar surface area (TPSA) is 20.2 Å². The fourth-order valence-electron chi connectivity index (χ4n) is 2.06. The van der Waals surface area contributed by atoms with Gasteiger partial charge in [-0.2, -0.15) is 92.2 Å². The molecule has 1 nitrogen and oxygen atoms in total. The third kappa shape index (κ3) is 4.53. The van der Waals surface area contributed by atoms with Crippen LogP contribution in [0.3, 0.4) is 0 Å². The summed E-state index contributed by atoms with van der Waals surface area (Å²) in [5.74, 6) is -76.9. The average Bonchev–Trinajstić information content (AvgIpc) is 2.65. The Morgan fingerprint density at radius 3 is 0.861 bits per heavy atom. The molecule has 0 saturated heterocycles. The minimum absolute atomic E-state index is 0.572. The zero-order chi connectivity index (χ0) is 30.0. The first kappa shape index (κ1) is 35.2. The molecule has 0 aromatic carbocycles. The lowest BCUT2D eigenvalue weighted by Gasteiger charge is -2.44. The molecule has 0 heterocycles. The second kappa shape index (κ2) is 9.16. The highest BCUT2D eigenvalue weighted by atomic mass is 127. The summed E-state index contributed by atoms with van der Waals surface area (Å²) in [6.45, 7) is -1.61. The molecule has 0 aliphatic rings. The van der Waals surface area contributed by atoms with E-state index in [1.807, 2.05) is 0 Å². The summed E-state index contributed by atoms with van der Waals surface area (Å²) in [5, 5.41) is 8.41. The van der Waals surface area contributed by atoms with Crippen molar-refractivity contribution in [1.82, 2.24) is 0 Å². The quantitative estimate of drug-likeness (QED) is 0.135. The third-order valence-corrected chi connectivity index (χ3v) is 5.09. The third-order valence-electron chi connectivity index (χ3n) is 4.25. The van der Waals surface area contributed by atoms with Crippen molar-refractivity contribution in [1.29, 1.82) is 0 Å². The highest BCUT2D eigenvalue weighted by Gasteiger charge is 2.97. The van der Waals surface area contributed by atoms with E-state index in [1.165, 1.54) is 0 Å². The molecule has 0 unspecified atom stereocenters. The summed E-state index contributed by atoms with van der Waals surface area (Å²) in [6, 6.07) is 0. The minimum atomic E-state index is -9.17. The number of rotatable bonds is 11. The van der Waals surface area contributed by atoms with Crippen LogP contribution in [0.5, 0.6) is 0 Å². The minimum Gasteiger partial charge on any atom is -0.395 e. The van der Waals surface area contributed by atoms with Crippen LogP contribution in [0.4, 0.5) is 92.2 Å².